The molecule has 2 aliphatic rings. The molecule has 1 fully saturated rings. The Kier molecular flexibility index (Phi) is 2.43. The fraction of sp³-hybridized carbons (Fsp3) is 0.500. The number of carbonyl (C=O) groups excluding carboxylic acids is 1. The van der Waals surface area contributed by atoms with Gasteiger partial charge in [-0.2, -0.15) is 0 Å². The van der Waals surface area contributed by atoms with Crippen molar-refractivity contribution in [3.8, 4) is 0 Å². The minimum atomic E-state index is 0.244. The minimum Gasteiger partial charge on any atom is -0.338 e. The third kappa shape index (κ3) is 1.62. The summed E-state index contributed by atoms with van der Waals surface area (Å²) in [4.78, 5) is 14.3. The van der Waals surface area contributed by atoms with Gasteiger partial charge in [-0.3, -0.25) is 4.79 Å². The summed E-state index contributed by atoms with van der Waals surface area (Å²) in [7, 11) is 0. The zero-order valence-electron chi connectivity index (χ0n) is 9.48. The van der Waals surface area contributed by atoms with Crippen molar-refractivity contribution < 1.29 is 4.79 Å². The largest absolute Gasteiger partial charge is 0.338 e. The second-order valence-corrected chi connectivity index (χ2v) is 4.96. The molecule has 3 rings (SSSR count). The van der Waals surface area contributed by atoms with E-state index in [0.29, 0.717) is 0 Å². The van der Waals surface area contributed by atoms with E-state index in [2.05, 4.69) is 6.07 Å². The van der Waals surface area contributed by atoms with Gasteiger partial charge < -0.3 is 4.90 Å². The van der Waals surface area contributed by atoms with Crippen LogP contribution in [-0.2, 0) is 6.42 Å². The molecule has 2 heteroatoms. The third-order valence-electron chi connectivity index (χ3n) is 3.89. The van der Waals surface area contributed by atoms with Crippen LogP contribution >= 0.6 is 0 Å². The van der Waals surface area contributed by atoms with E-state index in [4.69, 9.17) is 0 Å². The molecule has 1 heterocycles. The van der Waals surface area contributed by atoms with Crippen molar-refractivity contribution in [3.05, 3.63) is 35.4 Å². The first kappa shape index (κ1) is 9.88. The van der Waals surface area contributed by atoms with Crippen LogP contribution in [0.3, 0.4) is 0 Å². The van der Waals surface area contributed by atoms with Gasteiger partial charge in [0.15, 0.2) is 0 Å². The minimum absolute atomic E-state index is 0.244. The lowest BCUT2D eigenvalue weighted by Crippen LogP contribution is -2.41. The lowest BCUT2D eigenvalue weighted by molar-refractivity contribution is 0.0678. The average Bonchev–Trinajstić information content (AvgIpc) is 2.26. The van der Waals surface area contributed by atoms with Gasteiger partial charge in [-0.1, -0.05) is 24.6 Å². The van der Waals surface area contributed by atoms with E-state index in [1.807, 2.05) is 23.1 Å². The van der Waals surface area contributed by atoms with Gasteiger partial charge >= 0.3 is 0 Å². The fourth-order valence-corrected chi connectivity index (χ4v) is 2.64. The summed E-state index contributed by atoms with van der Waals surface area (Å²) >= 11 is 0. The van der Waals surface area contributed by atoms with Crippen LogP contribution in [0, 0.1) is 5.92 Å². The summed E-state index contributed by atoms with van der Waals surface area (Å²) in [5, 5.41) is 0. The van der Waals surface area contributed by atoms with Gasteiger partial charge in [0.1, 0.15) is 0 Å². The molecule has 1 aromatic carbocycles. The summed E-state index contributed by atoms with van der Waals surface area (Å²) in [5.74, 6) is 1.02. The number of carbonyl (C=O) groups is 1. The monoisotopic (exact) mass is 215 g/mol. The summed E-state index contributed by atoms with van der Waals surface area (Å²) in [5.41, 5.74) is 2.14. The highest BCUT2D eigenvalue weighted by molar-refractivity contribution is 5.96. The van der Waals surface area contributed by atoms with Gasteiger partial charge in [0.05, 0.1) is 0 Å². The maximum atomic E-state index is 12.2. The molecule has 0 atom stereocenters. The van der Waals surface area contributed by atoms with E-state index in [1.165, 1.54) is 24.8 Å². The Labute approximate surface area is 96.3 Å². The molecule has 84 valence electrons. The molecule has 0 saturated heterocycles. The maximum absolute atomic E-state index is 12.2. The number of hydrogen-bond donors (Lipinski definition) is 0. The van der Waals surface area contributed by atoms with Crippen LogP contribution in [0.4, 0.5) is 0 Å². The highest BCUT2D eigenvalue weighted by Gasteiger charge is 2.27. The zero-order valence-corrected chi connectivity index (χ0v) is 9.48. The first-order valence-corrected chi connectivity index (χ1v) is 6.22. The van der Waals surface area contributed by atoms with Gasteiger partial charge in [-0.15, -0.1) is 0 Å². The van der Waals surface area contributed by atoms with Gasteiger partial charge in [0.2, 0.25) is 0 Å². The van der Waals surface area contributed by atoms with Crippen LogP contribution < -0.4 is 0 Å². The molecule has 1 amide bonds. The summed E-state index contributed by atoms with van der Waals surface area (Å²) in [6.07, 6.45) is 4.99. The Morgan fingerprint density at radius 1 is 1.25 bits per heavy atom. The van der Waals surface area contributed by atoms with Crippen LogP contribution in [0.5, 0.6) is 0 Å². The molecule has 0 N–H and O–H groups in total. The van der Waals surface area contributed by atoms with Crippen molar-refractivity contribution in [3.63, 3.8) is 0 Å². The molecular formula is C14H17NO. The number of hydrogen-bond acceptors (Lipinski definition) is 1. The molecule has 1 aliphatic carbocycles. The van der Waals surface area contributed by atoms with Gasteiger partial charge in [0, 0.05) is 18.7 Å². The van der Waals surface area contributed by atoms with E-state index >= 15 is 0 Å². The summed E-state index contributed by atoms with van der Waals surface area (Å²) in [6, 6.07) is 8.02. The molecule has 1 aromatic rings. The number of amides is 1. The normalized spacial score (nSPS) is 20.5. The average molecular weight is 215 g/mol. The van der Waals surface area contributed by atoms with E-state index in [1.54, 1.807) is 0 Å². The Bertz CT molecular complexity index is 409. The van der Waals surface area contributed by atoms with Gasteiger partial charge in [-0.25, -0.2) is 0 Å². The van der Waals surface area contributed by atoms with Crippen LogP contribution in [0.15, 0.2) is 24.3 Å². The Morgan fingerprint density at radius 3 is 2.81 bits per heavy atom. The van der Waals surface area contributed by atoms with E-state index < -0.39 is 0 Å². The molecular weight excluding hydrogens is 198 g/mol. The summed E-state index contributed by atoms with van der Waals surface area (Å²) < 4.78 is 0. The summed E-state index contributed by atoms with van der Waals surface area (Å²) in [6.45, 7) is 1.89. The van der Waals surface area contributed by atoms with E-state index in [-0.39, 0.29) is 5.91 Å². The third-order valence-corrected chi connectivity index (χ3v) is 3.89. The lowest BCUT2D eigenvalue weighted by Gasteiger charge is -2.35. The Morgan fingerprint density at radius 2 is 2.06 bits per heavy atom. The molecule has 1 aliphatic heterocycles. The first-order valence-electron chi connectivity index (χ1n) is 6.22. The number of benzene rings is 1. The van der Waals surface area contributed by atoms with Crippen molar-refractivity contribution in [1.82, 2.24) is 4.90 Å². The van der Waals surface area contributed by atoms with Gasteiger partial charge in [0.25, 0.3) is 5.91 Å². The number of rotatable bonds is 2. The SMILES string of the molecule is O=C1c2ccccc2CCN1CC1CCC1. The lowest BCUT2D eigenvalue weighted by atomic mass is 9.84. The number of nitrogens with zero attached hydrogens (tertiary/aromatic N) is 1. The molecule has 1 saturated carbocycles. The predicted molar refractivity (Wildman–Crippen MR) is 63.4 cm³/mol. The molecule has 0 spiro atoms. The standard InChI is InChI=1S/C14H17NO/c16-14-13-7-2-1-6-12(13)8-9-15(14)10-11-4-3-5-11/h1-2,6-7,11H,3-5,8-10H2. The van der Waals surface area contributed by atoms with Crippen LogP contribution in [0.2, 0.25) is 0 Å². The first-order chi connectivity index (χ1) is 7.84. The topological polar surface area (TPSA) is 20.3 Å². The second-order valence-electron chi connectivity index (χ2n) is 4.96. The maximum Gasteiger partial charge on any atom is 0.254 e. The fourth-order valence-electron chi connectivity index (χ4n) is 2.64. The highest BCUT2D eigenvalue weighted by atomic mass is 16.2. The molecule has 0 bridgehead atoms. The molecule has 0 aromatic heterocycles. The molecule has 16 heavy (non-hydrogen) atoms. The molecule has 0 radical (unpaired) electrons. The van der Waals surface area contributed by atoms with Crippen LogP contribution in [-0.4, -0.2) is 23.9 Å². The van der Waals surface area contributed by atoms with Crippen molar-refractivity contribution in [1.29, 1.82) is 0 Å². The molecule has 0 unspecified atom stereocenters. The van der Waals surface area contributed by atoms with Crippen molar-refractivity contribution in [2.45, 2.75) is 25.7 Å². The quantitative estimate of drug-likeness (QED) is 0.742. The van der Waals surface area contributed by atoms with Crippen LogP contribution in [0.1, 0.15) is 35.2 Å². The van der Waals surface area contributed by atoms with Crippen LogP contribution in [0.25, 0.3) is 0 Å². The predicted octanol–water partition coefficient (Wildman–Crippen LogP) is 2.49. The smallest absolute Gasteiger partial charge is 0.254 e. The van der Waals surface area contributed by atoms with Crippen molar-refractivity contribution in [2.75, 3.05) is 13.1 Å². The van der Waals surface area contributed by atoms with E-state index in [9.17, 15) is 4.79 Å². The number of fused-ring (bicyclic) bond motifs is 1. The van der Waals surface area contributed by atoms with E-state index in [0.717, 1.165) is 31.0 Å². The Balaban J connectivity index is 1.78. The Hall–Kier alpha value is -1.31. The van der Waals surface area contributed by atoms with Crippen molar-refractivity contribution >= 4 is 5.91 Å². The highest BCUT2D eigenvalue weighted by Crippen LogP contribution is 2.29. The second kappa shape index (κ2) is 3.93. The van der Waals surface area contributed by atoms with Gasteiger partial charge in [-0.05, 0) is 36.8 Å². The van der Waals surface area contributed by atoms with Crippen molar-refractivity contribution in [2.24, 2.45) is 5.92 Å². The zero-order chi connectivity index (χ0) is 11.0. The molecule has 2 nitrogen and oxygen atoms in total.